The number of piperidine rings is 1. The smallest absolute Gasteiger partial charge is 0.133 e. The van der Waals surface area contributed by atoms with E-state index in [9.17, 15) is 0 Å². The number of nitrogens with one attached hydrogen (secondary N) is 2. The van der Waals surface area contributed by atoms with Crippen LogP contribution in [-0.4, -0.2) is 34.2 Å². The predicted octanol–water partition coefficient (Wildman–Crippen LogP) is 4.39. The van der Waals surface area contributed by atoms with E-state index in [0.29, 0.717) is 6.04 Å². The van der Waals surface area contributed by atoms with Crippen LogP contribution in [0.2, 0.25) is 0 Å². The Morgan fingerprint density at radius 1 is 1.15 bits per heavy atom. The number of aromatic nitrogens is 2. The Kier molecular flexibility index (Phi) is 3.87. The van der Waals surface area contributed by atoms with E-state index in [4.69, 9.17) is 4.42 Å². The summed E-state index contributed by atoms with van der Waals surface area (Å²) in [6, 6.07) is 15.4. The van der Waals surface area contributed by atoms with Crippen LogP contribution in [0.5, 0.6) is 0 Å². The summed E-state index contributed by atoms with van der Waals surface area (Å²) in [5.41, 5.74) is 4.56. The van der Waals surface area contributed by atoms with E-state index in [1.807, 2.05) is 12.3 Å². The molecule has 3 heterocycles. The van der Waals surface area contributed by atoms with Crippen LogP contribution in [0.4, 0.5) is 5.69 Å². The Morgan fingerprint density at radius 2 is 2.15 bits per heavy atom. The standard InChI is InChI=1S/C21H22N4O/c1-2-19(23-18-4-5-20-17(11-18)12-22-24-20)14-25(8-1)13-15-3-6-21-16(10-15)7-9-26-21/h3-7,9-12,19,23H,1-2,8,13-14H2,(H,22,24)/t19-/m1/s1. The summed E-state index contributed by atoms with van der Waals surface area (Å²) < 4.78 is 5.44. The lowest BCUT2D eigenvalue weighted by Crippen LogP contribution is -2.41. The average molecular weight is 346 g/mol. The Hall–Kier alpha value is -2.79. The number of nitrogens with zero attached hydrogens (tertiary/aromatic N) is 2. The van der Waals surface area contributed by atoms with Gasteiger partial charge in [0.25, 0.3) is 0 Å². The largest absolute Gasteiger partial charge is 0.464 e. The number of aromatic amines is 1. The Labute approximate surface area is 152 Å². The monoisotopic (exact) mass is 346 g/mol. The van der Waals surface area contributed by atoms with Gasteiger partial charge in [-0.2, -0.15) is 5.10 Å². The van der Waals surface area contributed by atoms with Gasteiger partial charge in [0.15, 0.2) is 0 Å². The van der Waals surface area contributed by atoms with Crippen molar-refractivity contribution in [3.05, 3.63) is 60.5 Å². The van der Waals surface area contributed by atoms with Gasteiger partial charge in [-0.15, -0.1) is 0 Å². The zero-order valence-electron chi connectivity index (χ0n) is 14.6. The maximum atomic E-state index is 5.44. The van der Waals surface area contributed by atoms with Crippen molar-refractivity contribution in [3.63, 3.8) is 0 Å². The molecular formula is C21H22N4O. The molecule has 26 heavy (non-hydrogen) atoms. The lowest BCUT2D eigenvalue weighted by Gasteiger charge is -2.33. The molecule has 132 valence electrons. The normalized spacial score (nSPS) is 18.5. The molecule has 0 radical (unpaired) electrons. The zero-order valence-corrected chi connectivity index (χ0v) is 14.6. The van der Waals surface area contributed by atoms with Gasteiger partial charge in [-0.3, -0.25) is 10.00 Å². The highest BCUT2D eigenvalue weighted by molar-refractivity contribution is 5.81. The number of benzene rings is 2. The van der Waals surface area contributed by atoms with Gasteiger partial charge >= 0.3 is 0 Å². The van der Waals surface area contributed by atoms with Gasteiger partial charge in [0, 0.05) is 35.6 Å². The molecule has 1 saturated heterocycles. The zero-order chi connectivity index (χ0) is 17.3. The van der Waals surface area contributed by atoms with Crippen molar-refractivity contribution < 1.29 is 4.42 Å². The second-order valence-electron chi connectivity index (χ2n) is 7.18. The minimum absolute atomic E-state index is 0.478. The van der Waals surface area contributed by atoms with Crippen molar-refractivity contribution in [2.45, 2.75) is 25.4 Å². The van der Waals surface area contributed by atoms with E-state index in [1.54, 1.807) is 6.26 Å². The minimum Gasteiger partial charge on any atom is -0.464 e. The molecule has 0 unspecified atom stereocenters. The molecule has 0 aliphatic carbocycles. The second-order valence-corrected chi connectivity index (χ2v) is 7.18. The molecule has 2 aromatic carbocycles. The van der Waals surface area contributed by atoms with Gasteiger partial charge < -0.3 is 9.73 Å². The number of fused-ring (bicyclic) bond motifs is 2. The fourth-order valence-electron chi connectivity index (χ4n) is 3.96. The lowest BCUT2D eigenvalue weighted by molar-refractivity contribution is 0.208. The van der Waals surface area contributed by atoms with Gasteiger partial charge in [-0.25, -0.2) is 0 Å². The number of likely N-dealkylation sites (tertiary alicyclic amines) is 1. The van der Waals surface area contributed by atoms with Crippen molar-refractivity contribution in [1.82, 2.24) is 15.1 Å². The van der Waals surface area contributed by atoms with E-state index < -0.39 is 0 Å². The highest BCUT2D eigenvalue weighted by atomic mass is 16.3. The number of hydrogen-bond donors (Lipinski definition) is 2. The first-order chi connectivity index (χ1) is 12.8. The Bertz CT molecular complexity index is 953. The predicted molar refractivity (Wildman–Crippen MR) is 104 cm³/mol. The van der Waals surface area contributed by atoms with Crippen molar-refractivity contribution in [1.29, 1.82) is 0 Å². The summed E-state index contributed by atoms with van der Waals surface area (Å²) >= 11 is 0. The first-order valence-corrected chi connectivity index (χ1v) is 9.22. The molecule has 1 fully saturated rings. The van der Waals surface area contributed by atoms with E-state index >= 15 is 0 Å². The van der Waals surface area contributed by atoms with E-state index in [2.05, 4.69) is 56.8 Å². The summed E-state index contributed by atoms with van der Waals surface area (Å²) in [6.07, 6.45) is 6.06. The molecule has 0 spiro atoms. The summed E-state index contributed by atoms with van der Waals surface area (Å²) in [5, 5.41) is 13.1. The van der Waals surface area contributed by atoms with Gasteiger partial charge in [-0.05, 0) is 61.3 Å². The quantitative estimate of drug-likeness (QED) is 0.575. The minimum atomic E-state index is 0.478. The lowest BCUT2D eigenvalue weighted by atomic mass is 10.0. The summed E-state index contributed by atoms with van der Waals surface area (Å²) in [4.78, 5) is 2.54. The van der Waals surface area contributed by atoms with Crippen LogP contribution in [0, 0.1) is 0 Å². The second kappa shape index (κ2) is 6.50. The van der Waals surface area contributed by atoms with Crippen LogP contribution in [0.15, 0.2) is 59.3 Å². The average Bonchev–Trinajstić information content (AvgIpc) is 3.30. The fraction of sp³-hybridized carbons (Fsp3) is 0.286. The number of hydrogen-bond acceptors (Lipinski definition) is 4. The van der Waals surface area contributed by atoms with Crippen LogP contribution in [-0.2, 0) is 6.54 Å². The number of anilines is 1. The van der Waals surface area contributed by atoms with E-state index in [1.165, 1.54) is 29.5 Å². The van der Waals surface area contributed by atoms with Gasteiger partial charge in [0.2, 0.25) is 0 Å². The Balaban J connectivity index is 1.26. The molecule has 0 bridgehead atoms. The van der Waals surface area contributed by atoms with Crippen molar-refractivity contribution in [3.8, 4) is 0 Å². The molecule has 1 aliphatic heterocycles. The molecule has 1 aliphatic rings. The molecule has 0 amide bonds. The maximum Gasteiger partial charge on any atom is 0.133 e. The third kappa shape index (κ3) is 3.06. The first-order valence-electron chi connectivity index (χ1n) is 9.22. The molecule has 0 saturated carbocycles. The van der Waals surface area contributed by atoms with Gasteiger partial charge in [0.05, 0.1) is 18.0 Å². The van der Waals surface area contributed by atoms with Crippen LogP contribution in [0.1, 0.15) is 18.4 Å². The van der Waals surface area contributed by atoms with Gasteiger partial charge in [-0.1, -0.05) is 6.07 Å². The van der Waals surface area contributed by atoms with Crippen molar-refractivity contribution in [2.24, 2.45) is 0 Å². The van der Waals surface area contributed by atoms with E-state index in [-0.39, 0.29) is 0 Å². The summed E-state index contributed by atoms with van der Waals surface area (Å²) in [5.74, 6) is 0. The molecule has 4 aromatic rings. The van der Waals surface area contributed by atoms with Crippen molar-refractivity contribution >= 4 is 27.6 Å². The number of furan rings is 1. The van der Waals surface area contributed by atoms with Crippen LogP contribution in [0.3, 0.4) is 0 Å². The van der Waals surface area contributed by atoms with Crippen LogP contribution in [0.25, 0.3) is 21.9 Å². The molecule has 5 nitrogen and oxygen atoms in total. The van der Waals surface area contributed by atoms with Gasteiger partial charge in [0.1, 0.15) is 5.58 Å². The Morgan fingerprint density at radius 3 is 3.15 bits per heavy atom. The summed E-state index contributed by atoms with van der Waals surface area (Å²) in [7, 11) is 0. The van der Waals surface area contributed by atoms with Crippen molar-refractivity contribution in [2.75, 3.05) is 18.4 Å². The summed E-state index contributed by atoms with van der Waals surface area (Å²) in [6.45, 7) is 3.20. The van der Waals surface area contributed by atoms with Crippen LogP contribution >= 0.6 is 0 Å². The highest BCUT2D eigenvalue weighted by Crippen LogP contribution is 2.22. The fourth-order valence-corrected chi connectivity index (χ4v) is 3.96. The highest BCUT2D eigenvalue weighted by Gasteiger charge is 2.20. The van der Waals surface area contributed by atoms with Crippen LogP contribution < -0.4 is 5.32 Å². The number of rotatable bonds is 4. The molecule has 5 rings (SSSR count). The number of H-pyrrole nitrogens is 1. The first kappa shape index (κ1) is 15.5. The molecular weight excluding hydrogens is 324 g/mol. The SMILES string of the molecule is c1cc2cc(CN3CCC[C@@H](Nc4ccc5[nH]ncc5c4)C3)ccc2o1. The topological polar surface area (TPSA) is 57.1 Å². The molecule has 2 N–H and O–H groups in total. The third-order valence-corrected chi connectivity index (χ3v) is 5.24. The maximum absolute atomic E-state index is 5.44. The molecule has 2 aromatic heterocycles. The van der Waals surface area contributed by atoms with E-state index in [0.717, 1.165) is 36.1 Å². The molecule has 1 atom stereocenters. The third-order valence-electron chi connectivity index (χ3n) is 5.24. The molecule has 5 heteroatoms.